The molecule has 3 heterocycles. The number of fused-ring (bicyclic) bond motifs is 1. The molecule has 1 fully saturated rings. The van der Waals surface area contributed by atoms with Crippen LogP contribution in [0.1, 0.15) is 38.3 Å². The molecule has 3 rings (SSSR count). The second kappa shape index (κ2) is 5.32. The highest BCUT2D eigenvalue weighted by Crippen LogP contribution is 2.26. The van der Waals surface area contributed by atoms with Crippen LogP contribution in [0.25, 0.3) is 5.65 Å². The van der Waals surface area contributed by atoms with E-state index in [9.17, 15) is 4.79 Å². The van der Waals surface area contributed by atoms with Crippen molar-refractivity contribution in [2.45, 2.75) is 38.6 Å². The Morgan fingerprint density at radius 2 is 2.05 bits per heavy atom. The van der Waals surface area contributed by atoms with Crippen molar-refractivity contribution in [2.75, 3.05) is 13.1 Å². The minimum atomic E-state index is -0.0151. The number of hydrogen-bond acceptors (Lipinski definition) is 4. The van der Waals surface area contributed by atoms with Crippen LogP contribution >= 0.6 is 0 Å². The minimum Gasteiger partial charge on any atom is -0.301 e. The first-order chi connectivity index (χ1) is 9.65. The second-order valence-electron chi connectivity index (χ2n) is 5.73. The number of piperidine rings is 1. The van der Waals surface area contributed by atoms with Gasteiger partial charge in [0.25, 0.3) is 5.56 Å². The lowest BCUT2D eigenvalue weighted by atomic mass is 9.92. The van der Waals surface area contributed by atoms with Crippen molar-refractivity contribution in [3.8, 4) is 0 Å². The Kier molecular flexibility index (Phi) is 3.53. The molecule has 20 heavy (non-hydrogen) atoms. The third kappa shape index (κ3) is 2.45. The summed E-state index contributed by atoms with van der Waals surface area (Å²) in [6, 6.07) is 2.28. The Balaban J connectivity index is 1.87. The molecule has 0 aromatic carbocycles. The summed E-state index contributed by atoms with van der Waals surface area (Å²) in [7, 11) is 0. The van der Waals surface area contributed by atoms with E-state index in [1.807, 2.05) is 0 Å². The third-order valence-electron chi connectivity index (χ3n) is 4.17. The standard InChI is InChI=1S/C15H20N4O/c1-11(2)18-6-3-12(4-7-18)13-9-15(20)19-8-5-16-10-14(19)17-13/h5,8-12H,3-4,6-7H2,1-2H3. The molecule has 5 nitrogen and oxygen atoms in total. The van der Waals surface area contributed by atoms with E-state index in [0.717, 1.165) is 31.6 Å². The average molecular weight is 272 g/mol. The average Bonchev–Trinajstić information content (AvgIpc) is 2.47. The Labute approximate surface area is 118 Å². The van der Waals surface area contributed by atoms with E-state index in [-0.39, 0.29) is 5.56 Å². The summed E-state index contributed by atoms with van der Waals surface area (Å²) in [6.07, 6.45) is 7.06. The van der Waals surface area contributed by atoms with Crippen molar-refractivity contribution in [2.24, 2.45) is 0 Å². The maximum absolute atomic E-state index is 12.1. The molecule has 0 bridgehead atoms. The Bertz CT molecular complexity index is 656. The van der Waals surface area contributed by atoms with Gasteiger partial charge in [-0.1, -0.05) is 0 Å². The third-order valence-corrected chi connectivity index (χ3v) is 4.17. The molecule has 5 heteroatoms. The van der Waals surface area contributed by atoms with Gasteiger partial charge in [0, 0.05) is 30.4 Å². The molecule has 0 saturated carbocycles. The van der Waals surface area contributed by atoms with E-state index in [4.69, 9.17) is 0 Å². The van der Waals surface area contributed by atoms with Crippen LogP contribution in [0.15, 0.2) is 29.5 Å². The van der Waals surface area contributed by atoms with E-state index >= 15 is 0 Å². The van der Waals surface area contributed by atoms with E-state index < -0.39 is 0 Å². The lowest BCUT2D eigenvalue weighted by molar-refractivity contribution is 0.171. The van der Waals surface area contributed by atoms with E-state index in [1.54, 1.807) is 29.1 Å². The Morgan fingerprint density at radius 1 is 1.30 bits per heavy atom. The van der Waals surface area contributed by atoms with Crippen molar-refractivity contribution in [1.29, 1.82) is 0 Å². The summed E-state index contributed by atoms with van der Waals surface area (Å²) < 4.78 is 1.54. The van der Waals surface area contributed by atoms with Crippen molar-refractivity contribution >= 4 is 5.65 Å². The minimum absolute atomic E-state index is 0.0151. The summed E-state index contributed by atoms with van der Waals surface area (Å²) in [5.41, 5.74) is 1.55. The number of likely N-dealkylation sites (tertiary alicyclic amines) is 1. The molecule has 0 amide bonds. The van der Waals surface area contributed by atoms with Gasteiger partial charge in [-0.05, 0) is 39.8 Å². The molecule has 0 radical (unpaired) electrons. The fourth-order valence-electron chi connectivity index (χ4n) is 2.90. The molecular formula is C15H20N4O. The number of rotatable bonds is 2. The van der Waals surface area contributed by atoms with Gasteiger partial charge in [0.05, 0.1) is 11.9 Å². The predicted molar refractivity (Wildman–Crippen MR) is 77.9 cm³/mol. The van der Waals surface area contributed by atoms with Crippen molar-refractivity contribution < 1.29 is 0 Å². The van der Waals surface area contributed by atoms with E-state index in [1.165, 1.54) is 0 Å². The molecule has 2 aromatic heterocycles. The van der Waals surface area contributed by atoms with E-state index in [2.05, 4.69) is 28.7 Å². The highest BCUT2D eigenvalue weighted by atomic mass is 16.1. The van der Waals surface area contributed by atoms with Gasteiger partial charge in [-0.25, -0.2) is 4.98 Å². The summed E-state index contributed by atoms with van der Waals surface area (Å²) in [5, 5.41) is 0. The summed E-state index contributed by atoms with van der Waals surface area (Å²) >= 11 is 0. The first-order valence-electron chi connectivity index (χ1n) is 7.22. The lowest BCUT2D eigenvalue weighted by Gasteiger charge is -2.34. The quantitative estimate of drug-likeness (QED) is 0.834. The van der Waals surface area contributed by atoms with Crippen LogP contribution in [-0.2, 0) is 0 Å². The smallest absolute Gasteiger partial charge is 0.258 e. The SMILES string of the molecule is CC(C)N1CCC(c2cc(=O)n3ccncc3n2)CC1. The molecule has 1 aliphatic heterocycles. The van der Waals surface area contributed by atoms with Gasteiger partial charge in [0.1, 0.15) is 0 Å². The monoisotopic (exact) mass is 272 g/mol. The number of hydrogen-bond donors (Lipinski definition) is 0. The Hall–Kier alpha value is -1.75. The molecule has 1 aliphatic rings. The van der Waals surface area contributed by atoms with Gasteiger partial charge in [-0.2, -0.15) is 0 Å². The van der Waals surface area contributed by atoms with Gasteiger partial charge in [-0.15, -0.1) is 0 Å². The van der Waals surface area contributed by atoms with Gasteiger partial charge in [0.2, 0.25) is 0 Å². The highest BCUT2D eigenvalue weighted by Gasteiger charge is 2.23. The van der Waals surface area contributed by atoms with Crippen molar-refractivity contribution in [1.82, 2.24) is 19.3 Å². The van der Waals surface area contributed by atoms with Crippen LogP contribution in [0.3, 0.4) is 0 Å². The normalized spacial score (nSPS) is 17.9. The largest absolute Gasteiger partial charge is 0.301 e. The van der Waals surface area contributed by atoms with Gasteiger partial charge < -0.3 is 4.90 Å². The first-order valence-corrected chi connectivity index (χ1v) is 7.22. The van der Waals surface area contributed by atoms with Crippen LogP contribution in [0.5, 0.6) is 0 Å². The van der Waals surface area contributed by atoms with Crippen LogP contribution in [-0.4, -0.2) is 38.4 Å². The maximum atomic E-state index is 12.1. The fourth-order valence-corrected chi connectivity index (χ4v) is 2.90. The first kappa shape index (κ1) is 13.2. The van der Waals surface area contributed by atoms with E-state index in [0.29, 0.717) is 17.6 Å². The molecule has 0 spiro atoms. The van der Waals surface area contributed by atoms with Crippen LogP contribution in [0.2, 0.25) is 0 Å². The van der Waals surface area contributed by atoms with Crippen molar-refractivity contribution in [3.63, 3.8) is 0 Å². The Morgan fingerprint density at radius 3 is 2.75 bits per heavy atom. The topological polar surface area (TPSA) is 50.5 Å². The van der Waals surface area contributed by atoms with Crippen LogP contribution in [0, 0.1) is 0 Å². The highest BCUT2D eigenvalue weighted by molar-refractivity contribution is 5.35. The zero-order valence-electron chi connectivity index (χ0n) is 12.0. The maximum Gasteiger partial charge on any atom is 0.258 e. The van der Waals surface area contributed by atoms with Crippen molar-refractivity contribution in [3.05, 3.63) is 40.7 Å². The zero-order chi connectivity index (χ0) is 14.1. The molecule has 1 saturated heterocycles. The van der Waals surface area contributed by atoms with Gasteiger partial charge in [0.15, 0.2) is 5.65 Å². The molecule has 0 unspecified atom stereocenters. The molecule has 0 atom stereocenters. The van der Waals surface area contributed by atoms with Crippen LogP contribution < -0.4 is 5.56 Å². The lowest BCUT2D eigenvalue weighted by Crippen LogP contribution is -2.38. The molecular weight excluding hydrogens is 252 g/mol. The van der Waals surface area contributed by atoms with Crippen LogP contribution in [0.4, 0.5) is 0 Å². The van der Waals surface area contributed by atoms with Gasteiger partial charge in [-0.3, -0.25) is 14.2 Å². The second-order valence-corrected chi connectivity index (χ2v) is 5.73. The number of aromatic nitrogens is 3. The summed E-state index contributed by atoms with van der Waals surface area (Å²) in [4.78, 5) is 23.2. The molecule has 0 aliphatic carbocycles. The number of nitrogens with zero attached hydrogens (tertiary/aromatic N) is 4. The fraction of sp³-hybridized carbons (Fsp3) is 0.533. The van der Waals surface area contributed by atoms with Gasteiger partial charge >= 0.3 is 0 Å². The molecule has 106 valence electrons. The molecule has 2 aromatic rings. The summed E-state index contributed by atoms with van der Waals surface area (Å²) in [5.74, 6) is 0.392. The predicted octanol–water partition coefficient (Wildman–Crippen LogP) is 1.68. The molecule has 0 N–H and O–H groups in total. The zero-order valence-corrected chi connectivity index (χ0v) is 12.0. The summed E-state index contributed by atoms with van der Waals surface area (Å²) in [6.45, 7) is 6.62.